The fourth-order valence-corrected chi connectivity index (χ4v) is 0.455. The molecular weight excluding hydrogens is 128 g/mol. The molecule has 0 aliphatic carbocycles. The minimum absolute atomic E-state index is 0.661. The van der Waals surface area contributed by atoms with E-state index in [4.69, 9.17) is 0 Å². The monoisotopic (exact) mass is 137 g/mol. The Hall–Kier alpha value is 0.0300. The first kappa shape index (κ1) is 8.03. The molecule has 5 heteroatoms. The number of hydrogen-bond donors (Lipinski definition) is 2. The highest BCUT2D eigenvalue weighted by atomic mass is 32.2. The third-order valence-corrected chi connectivity index (χ3v) is 0.842. The molecule has 0 saturated carbocycles. The second-order valence-electron chi connectivity index (χ2n) is 1.26. The van der Waals surface area contributed by atoms with Crippen molar-refractivity contribution in [2.24, 2.45) is 0 Å². The number of hydrogen-bond acceptors (Lipinski definition) is 3. The second-order valence-corrected chi connectivity index (χ2v) is 1.94. The van der Waals surface area contributed by atoms with Gasteiger partial charge in [0.1, 0.15) is 0 Å². The van der Waals surface area contributed by atoms with Crippen molar-refractivity contribution in [3.8, 4) is 0 Å². The van der Waals surface area contributed by atoms with Crippen LogP contribution >= 0.6 is 0 Å². The molecule has 50 valence electrons. The van der Waals surface area contributed by atoms with Crippen LogP contribution in [0.2, 0.25) is 0 Å². The molecule has 0 saturated heterocycles. The third-order valence-electron chi connectivity index (χ3n) is 0.531. The zero-order valence-electron chi connectivity index (χ0n) is 4.64. The molecule has 0 rings (SSSR count). The molecule has 0 radical (unpaired) electrons. The van der Waals surface area contributed by atoms with Crippen LogP contribution in [-0.4, -0.2) is 15.3 Å². The summed E-state index contributed by atoms with van der Waals surface area (Å²) in [6.07, 6.45) is 0.907. The molecule has 2 N–H and O–H groups in total. The van der Waals surface area contributed by atoms with E-state index in [0.717, 1.165) is 6.42 Å². The van der Waals surface area contributed by atoms with E-state index in [1.807, 2.05) is 11.8 Å². The Morgan fingerprint density at radius 2 is 2.38 bits per heavy atom. The van der Waals surface area contributed by atoms with Gasteiger partial charge in [0.2, 0.25) is 0 Å². The van der Waals surface area contributed by atoms with Crippen LogP contribution in [0.4, 0.5) is 0 Å². The number of rotatable bonds is 4. The van der Waals surface area contributed by atoms with Gasteiger partial charge in [-0.05, 0) is 6.42 Å². The van der Waals surface area contributed by atoms with Gasteiger partial charge < -0.3 is 4.55 Å². The largest absolute Gasteiger partial charge is 0.759 e. The summed E-state index contributed by atoms with van der Waals surface area (Å²) in [5.41, 5.74) is 2.47. The van der Waals surface area contributed by atoms with Gasteiger partial charge in [0, 0.05) is 17.8 Å². The van der Waals surface area contributed by atoms with E-state index in [0.29, 0.717) is 6.54 Å². The maximum absolute atomic E-state index is 9.70. The van der Waals surface area contributed by atoms with E-state index in [9.17, 15) is 8.76 Å². The van der Waals surface area contributed by atoms with Gasteiger partial charge in [-0.1, -0.05) is 6.92 Å². The number of hydrazine groups is 1. The van der Waals surface area contributed by atoms with Crippen LogP contribution in [0, 0.1) is 0 Å². The molecule has 0 spiro atoms. The summed E-state index contributed by atoms with van der Waals surface area (Å²) in [4.78, 5) is 2.01. The molecular formula is C3H9N2O2S-. The smallest absolute Gasteiger partial charge is 0.0324 e. The van der Waals surface area contributed by atoms with Crippen LogP contribution in [-0.2, 0) is 11.3 Å². The lowest BCUT2D eigenvalue weighted by molar-refractivity contribution is 0.503. The van der Waals surface area contributed by atoms with Gasteiger partial charge in [-0.15, -0.1) is 0 Å². The van der Waals surface area contributed by atoms with Gasteiger partial charge in [-0.25, -0.2) is 5.43 Å². The minimum Gasteiger partial charge on any atom is -0.759 e. The van der Waals surface area contributed by atoms with Crippen molar-refractivity contribution >= 4 is 11.3 Å². The zero-order chi connectivity index (χ0) is 6.41. The summed E-state index contributed by atoms with van der Waals surface area (Å²) >= 11 is -2.18. The van der Waals surface area contributed by atoms with Crippen LogP contribution in [0.1, 0.15) is 13.3 Å². The number of nitrogens with one attached hydrogen (secondary N) is 2. The van der Waals surface area contributed by atoms with Crippen LogP contribution in [0.5, 0.6) is 0 Å². The molecule has 0 aliphatic heterocycles. The van der Waals surface area contributed by atoms with E-state index in [1.54, 1.807) is 0 Å². The van der Waals surface area contributed by atoms with Gasteiger partial charge in [-0.2, -0.15) is 4.83 Å². The van der Waals surface area contributed by atoms with Gasteiger partial charge in [0.15, 0.2) is 0 Å². The van der Waals surface area contributed by atoms with Gasteiger partial charge in [0.05, 0.1) is 0 Å². The fourth-order valence-electron chi connectivity index (χ4n) is 0.235. The molecule has 4 nitrogen and oxygen atoms in total. The van der Waals surface area contributed by atoms with Crippen molar-refractivity contribution < 1.29 is 8.76 Å². The Morgan fingerprint density at radius 3 is 2.75 bits per heavy atom. The highest BCUT2D eigenvalue weighted by Gasteiger charge is 1.77. The SMILES string of the molecule is CCCNNS(=O)[O-]. The molecule has 0 aliphatic rings. The van der Waals surface area contributed by atoms with E-state index in [1.165, 1.54) is 0 Å². The maximum Gasteiger partial charge on any atom is 0.0324 e. The van der Waals surface area contributed by atoms with E-state index >= 15 is 0 Å². The molecule has 0 aromatic carbocycles. The average Bonchev–Trinajstić information content (AvgIpc) is 1.66. The zero-order valence-corrected chi connectivity index (χ0v) is 5.46. The predicted molar refractivity (Wildman–Crippen MR) is 30.3 cm³/mol. The van der Waals surface area contributed by atoms with Crippen LogP contribution in [0.3, 0.4) is 0 Å². The third kappa shape index (κ3) is 6.03. The van der Waals surface area contributed by atoms with Crippen molar-refractivity contribution in [1.82, 2.24) is 10.3 Å². The highest BCUT2D eigenvalue weighted by molar-refractivity contribution is 7.76. The maximum atomic E-state index is 9.70. The van der Waals surface area contributed by atoms with Crippen LogP contribution < -0.4 is 10.3 Å². The molecule has 8 heavy (non-hydrogen) atoms. The molecule has 0 bridgehead atoms. The average molecular weight is 137 g/mol. The van der Waals surface area contributed by atoms with E-state index in [2.05, 4.69) is 5.43 Å². The van der Waals surface area contributed by atoms with Crippen molar-refractivity contribution in [1.29, 1.82) is 0 Å². The molecule has 1 atom stereocenters. The Morgan fingerprint density at radius 1 is 1.75 bits per heavy atom. The first-order valence-electron chi connectivity index (χ1n) is 2.35. The molecule has 0 amide bonds. The first-order valence-corrected chi connectivity index (χ1v) is 3.42. The van der Waals surface area contributed by atoms with Gasteiger partial charge in [0.25, 0.3) is 0 Å². The van der Waals surface area contributed by atoms with Crippen molar-refractivity contribution in [2.75, 3.05) is 6.54 Å². The second kappa shape index (κ2) is 5.17. The normalized spacial score (nSPS) is 13.8. The predicted octanol–water partition coefficient (Wildman–Crippen LogP) is -0.715. The summed E-state index contributed by atoms with van der Waals surface area (Å²) in [6, 6.07) is 0. The molecule has 0 heterocycles. The topological polar surface area (TPSA) is 64.2 Å². The van der Waals surface area contributed by atoms with Crippen LogP contribution in [0.25, 0.3) is 0 Å². The van der Waals surface area contributed by atoms with E-state index < -0.39 is 11.3 Å². The molecule has 0 fully saturated rings. The summed E-state index contributed by atoms with van der Waals surface area (Å²) in [7, 11) is 0. The molecule has 0 aromatic heterocycles. The summed E-state index contributed by atoms with van der Waals surface area (Å²) in [6.45, 7) is 2.61. The Kier molecular flexibility index (Phi) is 5.19. The lowest BCUT2D eigenvalue weighted by Crippen LogP contribution is -2.33. The van der Waals surface area contributed by atoms with E-state index in [-0.39, 0.29) is 0 Å². The summed E-state index contributed by atoms with van der Waals surface area (Å²) < 4.78 is 19.4. The van der Waals surface area contributed by atoms with Crippen molar-refractivity contribution in [3.63, 3.8) is 0 Å². The minimum atomic E-state index is -2.18. The van der Waals surface area contributed by atoms with Gasteiger partial charge >= 0.3 is 0 Å². The Balaban J connectivity index is 2.82. The first-order chi connectivity index (χ1) is 3.77. The summed E-state index contributed by atoms with van der Waals surface area (Å²) in [5, 5.41) is 0. The van der Waals surface area contributed by atoms with Crippen molar-refractivity contribution in [3.05, 3.63) is 0 Å². The van der Waals surface area contributed by atoms with Gasteiger partial charge in [-0.3, -0.25) is 4.21 Å². The quantitative estimate of drug-likeness (QED) is 0.305. The fraction of sp³-hybridized carbons (Fsp3) is 1.00. The molecule has 1 unspecified atom stereocenters. The summed E-state index contributed by atoms with van der Waals surface area (Å²) in [5.74, 6) is 0. The van der Waals surface area contributed by atoms with Crippen LogP contribution in [0.15, 0.2) is 0 Å². The lowest BCUT2D eigenvalue weighted by atomic mass is 10.5. The van der Waals surface area contributed by atoms with Crippen molar-refractivity contribution in [2.45, 2.75) is 13.3 Å². The molecule has 0 aromatic rings. The Labute approximate surface area is 51.1 Å². The standard InChI is InChI=1S/C3H10N2O2S/c1-2-3-4-5-8(6)7/h4-5H,2-3H2,1H3,(H,6,7)/p-1. The highest BCUT2D eigenvalue weighted by Crippen LogP contribution is 1.65. The Bertz CT molecular complexity index is 77.7. The lowest BCUT2D eigenvalue weighted by Gasteiger charge is -2.06.